The first kappa shape index (κ1) is 39.2. The largest absolute Gasteiger partial charge is 0.311 e. The molecule has 5 aliphatic rings. The molecule has 63 heavy (non-hydrogen) atoms. The van der Waals surface area contributed by atoms with Gasteiger partial charge in [0.05, 0.1) is 0 Å². The van der Waals surface area contributed by atoms with Crippen LogP contribution in [-0.4, -0.2) is 6.71 Å². The van der Waals surface area contributed by atoms with Gasteiger partial charge < -0.3 is 9.80 Å². The fourth-order valence-corrected chi connectivity index (χ4v) is 13.7. The van der Waals surface area contributed by atoms with E-state index < -0.39 is 6.85 Å². The van der Waals surface area contributed by atoms with Crippen molar-refractivity contribution >= 4 is 57.2 Å². The molecule has 0 atom stereocenters. The highest BCUT2D eigenvalue weighted by molar-refractivity contribution is 7.00. The maximum Gasteiger partial charge on any atom is 0.252 e. The molecule has 3 aliphatic carbocycles. The molecule has 0 saturated heterocycles. The Bertz CT molecular complexity index is 2920. The van der Waals surface area contributed by atoms with E-state index in [0.717, 1.165) is 60.5 Å². The summed E-state index contributed by atoms with van der Waals surface area (Å²) in [5.41, 5.74) is 23.0. The third kappa shape index (κ3) is 6.09. The molecule has 0 unspecified atom stereocenters. The third-order valence-electron chi connectivity index (χ3n) is 17.3. The zero-order chi connectivity index (χ0) is 48.0. The highest BCUT2D eigenvalue weighted by atomic mass is 15.2. The van der Waals surface area contributed by atoms with Crippen LogP contribution in [0.15, 0.2) is 66.7 Å². The first-order chi connectivity index (χ1) is 30.3. The second-order valence-electron chi connectivity index (χ2n) is 25.8. The number of fused-ring (bicyclic) bond motifs is 7. The molecule has 0 fully saturated rings. The monoisotopic (exact) mass is 838 g/mol. The fourth-order valence-electron chi connectivity index (χ4n) is 13.7. The lowest BCUT2D eigenvalue weighted by Crippen LogP contribution is -2.62. The lowest BCUT2D eigenvalue weighted by molar-refractivity contribution is 0.330. The summed E-state index contributed by atoms with van der Waals surface area (Å²) in [7, 11) is 0. The van der Waals surface area contributed by atoms with Gasteiger partial charge in [-0.2, -0.15) is 0 Å². The Morgan fingerprint density at radius 1 is 0.492 bits per heavy atom. The van der Waals surface area contributed by atoms with Crippen LogP contribution in [0, 0.1) is 20.7 Å². The highest BCUT2D eigenvalue weighted by Crippen LogP contribution is 2.56. The van der Waals surface area contributed by atoms with E-state index in [1.165, 1.54) is 72.1 Å². The molecule has 2 aliphatic heterocycles. The molecule has 0 radical (unpaired) electrons. The predicted octanol–water partition coefficient (Wildman–Crippen LogP) is 14.6. The molecule has 10 rings (SSSR count). The average molecular weight is 838 g/mol. The molecule has 0 spiro atoms. The van der Waals surface area contributed by atoms with Gasteiger partial charge >= 0.3 is 0 Å². The minimum Gasteiger partial charge on any atom is -0.311 e. The number of rotatable bonds is 2. The van der Waals surface area contributed by atoms with Crippen LogP contribution in [0.3, 0.4) is 0 Å². The normalized spacial score (nSPS) is 22.1. The Kier molecular flexibility index (Phi) is 8.07. The van der Waals surface area contributed by atoms with Gasteiger partial charge in [0.1, 0.15) is 0 Å². The summed E-state index contributed by atoms with van der Waals surface area (Å²) in [4.78, 5) is 5.02. The predicted molar refractivity (Wildman–Crippen MR) is 275 cm³/mol. The lowest BCUT2D eigenvalue weighted by atomic mass is 9.33. The van der Waals surface area contributed by atoms with Gasteiger partial charge in [-0.05, 0) is 199 Å². The van der Waals surface area contributed by atoms with Crippen molar-refractivity contribution in [3.8, 4) is 0 Å². The molecular weight excluding hydrogens is 759 g/mol. The average Bonchev–Trinajstić information content (AvgIpc) is 3.38. The van der Waals surface area contributed by atoms with Gasteiger partial charge in [0.25, 0.3) is 6.71 Å². The molecule has 328 valence electrons. The first-order valence-corrected chi connectivity index (χ1v) is 24.2. The summed E-state index contributed by atoms with van der Waals surface area (Å²) in [6.07, 6.45) is 5.58. The van der Waals surface area contributed by atoms with Gasteiger partial charge in [0, 0.05) is 38.2 Å². The number of hydrogen-bond acceptors (Lipinski definition) is 2. The minimum atomic E-state index is -2.34. The molecule has 0 aromatic heterocycles. The van der Waals surface area contributed by atoms with Gasteiger partial charge in [-0.15, -0.1) is 0 Å². The lowest BCUT2D eigenvalue weighted by Gasteiger charge is -2.48. The SMILES string of the molecule is [2H]C([2H])([2H])c1cc2c3c(c1)N(c1ccc4c(c1C)C(C)(C)CCC4(C)C)c1cc(C(C)(C)C)ccc1B3c1cc3c(cc1N2c1cc2c(cc1C)C(C)(C)CC2(C)C)C(C)(C)CCC3(C)C. The van der Waals surface area contributed by atoms with Crippen LogP contribution in [-0.2, 0) is 37.9 Å². The molecule has 0 bridgehead atoms. The maximum absolute atomic E-state index is 9.19. The van der Waals surface area contributed by atoms with Gasteiger partial charge in [0.15, 0.2) is 0 Å². The van der Waals surface area contributed by atoms with Crippen molar-refractivity contribution in [1.82, 2.24) is 0 Å². The molecule has 0 saturated carbocycles. The Labute approximate surface area is 386 Å². The second-order valence-corrected chi connectivity index (χ2v) is 25.8. The quantitative estimate of drug-likeness (QED) is 0.160. The Hall–Kier alpha value is -4.24. The number of anilines is 6. The van der Waals surface area contributed by atoms with E-state index in [-0.39, 0.29) is 44.6 Å². The molecule has 5 aromatic carbocycles. The smallest absolute Gasteiger partial charge is 0.252 e. The van der Waals surface area contributed by atoms with E-state index >= 15 is 0 Å². The molecule has 2 heterocycles. The zero-order valence-corrected chi connectivity index (χ0v) is 41.9. The first-order valence-electron chi connectivity index (χ1n) is 25.7. The van der Waals surface area contributed by atoms with E-state index in [0.29, 0.717) is 5.56 Å². The highest BCUT2D eigenvalue weighted by Gasteiger charge is 2.49. The van der Waals surface area contributed by atoms with E-state index in [2.05, 4.69) is 194 Å². The van der Waals surface area contributed by atoms with Crippen molar-refractivity contribution in [2.75, 3.05) is 9.80 Å². The summed E-state index contributed by atoms with van der Waals surface area (Å²) in [6.45, 7) is 38.1. The second kappa shape index (κ2) is 13.0. The Morgan fingerprint density at radius 3 is 1.60 bits per heavy atom. The fraction of sp³-hybridized carbons (Fsp3) is 0.500. The van der Waals surface area contributed by atoms with Crippen LogP contribution in [0.25, 0.3) is 0 Å². The summed E-state index contributed by atoms with van der Waals surface area (Å²) in [5.74, 6) is 0. The van der Waals surface area contributed by atoms with Crippen LogP contribution >= 0.6 is 0 Å². The van der Waals surface area contributed by atoms with Gasteiger partial charge in [-0.1, -0.05) is 134 Å². The van der Waals surface area contributed by atoms with Crippen LogP contribution in [0.2, 0.25) is 0 Å². The van der Waals surface area contributed by atoms with Crippen molar-refractivity contribution < 1.29 is 4.11 Å². The van der Waals surface area contributed by atoms with Crippen molar-refractivity contribution in [1.29, 1.82) is 0 Å². The summed E-state index contributed by atoms with van der Waals surface area (Å²) in [6, 6.07) is 26.2. The van der Waals surface area contributed by atoms with E-state index in [1.807, 2.05) is 0 Å². The number of hydrogen-bond donors (Lipinski definition) is 0. The van der Waals surface area contributed by atoms with Crippen molar-refractivity contribution in [3.05, 3.63) is 122 Å². The number of benzene rings is 5. The van der Waals surface area contributed by atoms with Gasteiger partial charge in [0.2, 0.25) is 0 Å². The standard InChI is InChI=1S/C60H75BN2/c1-35-27-50-53-51(28-35)63(47-32-43-40(29-36(47)2)59(15,16)34-60(43,17)18)49-33-42-41(56(9,10)23-24-57(42,11)12)31-45(49)61(53)44-21-19-38(54(4,5)6)30-48(44)62(50)46-22-20-39-52(37(46)3)58(13,14)26-25-55(39,7)8/h19-22,27-33H,23-26,34H2,1-18H3/i1D3. The van der Waals surface area contributed by atoms with Crippen LogP contribution in [0.4, 0.5) is 34.1 Å². The molecule has 5 aromatic rings. The molecule has 0 N–H and O–H groups in total. The summed E-state index contributed by atoms with van der Waals surface area (Å²) in [5, 5.41) is 0. The van der Waals surface area contributed by atoms with Gasteiger partial charge in [-0.25, -0.2) is 0 Å². The van der Waals surface area contributed by atoms with Crippen LogP contribution < -0.4 is 26.2 Å². The topological polar surface area (TPSA) is 6.48 Å². The molecule has 0 amide bonds. The summed E-state index contributed by atoms with van der Waals surface area (Å²) < 4.78 is 27.6. The Balaban J connectivity index is 1.38. The minimum absolute atomic E-state index is 0.00151. The van der Waals surface area contributed by atoms with E-state index in [9.17, 15) is 4.11 Å². The number of nitrogens with zero attached hydrogens (tertiary/aromatic N) is 2. The van der Waals surface area contributed by atoms with Crippen molar-refractivity contribution in [2.45, 2.75) is 195 Å². The van der Waals surface area contributed by atoms with Crippen LogP contribution in [0.5, 0.6) is 0 Å². The van der Waals surface area contributed by atoms with Gasteiger partial charge in [-0.3, -0.25) is 0 Å². The van der Waals surface area contributed by atoms with Crippen molar-refractivity contribution in [2.24, 2.45) is 0 Å². The molecule has 2 nitrogen and oxygen atoms in total. The molecule has 3 heteroatoms. The number of aryl methyl sites for hydroxylation is 2. The van der Waals surface area contributed by atoms with Crippen molar-refractivity contribution in [3.63, 3.8) is 0 Å². The third-order valence-corrected chi connectivity index (χ3v) is 17.3. The van der Waals surface area contributed by atoms with Crippen LogP contribution in [0.1, 0.15) is 196 Å². The van der Waals surface area contributed by atoms with E-state index in [4.69, 9.17) is 0 Å². The Morgan fingerprint density at radius 2 is 1.00 bits per heavy atom. The molecular formula is C60H75BN2. The zero-order valence-electron chi connectivity index (χ0n) is 44.9. The summed E-state index contributed by atoms with van der Waals surface area (Å²) >= 11 is 0. The maximum atomic E-state index is 9.19. The van der Waals surface area contributed by atoms with E-state index in [1.54, 1.807) is 0 Å².